The monoisotopic (exact) mass is 249 g/mol. The minimum Gasteiger partial charge on any atom is -0.387 e. The first kappa shape index (κ1) is 15.2. The Morgan fingerprint density at radius 1 is 1.22 bits per heavy atom. The third kappa shape index (κ3) is 4.11. The van der Waals surface area contributed by atoms with Gasteiger partial charge in [0.1, 0.15) is 0 Å². The number of benzene rings is 1. The summed E-state index contributed by atoms with van der Waals surface area (Å²) in [5.74, 6) is 0. The SMILES string of the molecule is Cc1ccc(C(C)(C)C)cc1C(O)CNC(C)C. The highest BCUT2D eigenvalue weighted by atomic mass is 16.3. The lowest BCUT2D eigenvalue weighted by molar-refractivity contribution is 0.170. The molecule has 102 valence electrons. The van der Waals surface area contributed by atoms with Crippen molar-refractivity contribution in [3.63, 3.8) is 0 Å². The molecule has 1 atom stereocenters. The molecular weight excluding hydrogens is 222 g/mol. The van der Waals surface area contributed by atoms with Crippen molar-refractivity contribution in [2.24, 2.45) is 0 Å². The predicted octanol–water partition coefficient (Wildman–Crippen LogP) is 3.32. The molecule has 18 heavy (non-hydrogen) atoms. The average molecular weight is 249 g/mol. The van der Waals surface area contributed by atoms with E-state index in [9.17, 15) is 5.11 Å². The number of aliphatic hydroxyl groups is 1. The minimum atomic E-state index is -0.435. The zero-order valence-electron chi connectivity index (χ0n) is 12.5. The summed E-state index contributed by atoms with van der Waals surface area (Å²) >= 11 is 0. The Morgan fingerprint density at radius 2 is 1.83 bits per heavy atom. The van der Waals surface area contributed by atoms with Crippen LogP contribution >= 0.6 is 0 Å². The summed E-state index contributed by atoms with van der Waals surface area (Å²) in [5, 5.41) is 13.6. The molecule has 0 spiro atoms. The molecule has 0 aliphatic heterocycles. The van der Waals surface area contributed by atoms with Gasteiger partial charge in [0.25, 0.3) is 0 Å². The first-order chi connectivity index (χ1) is 8.21. The second-order valence-corrected chi connectivity index (χ2v) is 6.40. The highest BCUT2D eigenvalue weighted by molar-refractivity contribution is 5.36. The Bertz CT molecular complexity index is 391. The third-order valence-electron chi connectivity index (χ3n) is 3.22. The molecule has 0 bridgehead atoms. The Kier molecular flexibility index (Phi) is 4.94. The van der Waals surface area contributed by atoms with Crippen molar-refractivity contribution in [3.8, 4) is 0 Å². The summed E-state index contributed by atoms with van der Waals surface area (Å²) in [5.41, 5.74) is 3.58. The molecule has 0 heterocycles. The van der Waals surface area contributed by atoms with Crippen LogP contribution in [-0.4, -0.2) is 17.7 Å². The van der Waals surface area contributed by atoms with Crippen LogP contribution < -0.4 is 5.32 Å². The van der Waals surface area contributed by atoms with Crippen LogP contribution in [0.3, 0.4) is 0 Å². The van der Waals surface area contributed by atoms with Crippen LogP contribution in [0.5, 0.6) is 0 Å². The Hall–Kier alpha value is -0.860. The molecule has 2 nitrogen and oxygen atoms in total. The molecule has 0 saturated carbocycles. The molecule has 0 fully saturated rings. The lowest BCUT2D eigenvalue weighted by atomic mass is 9.84. The molecule has 0 amide bonds. The van der Waals surface area contributed by atoms with Crippen LogP contribution in [0.2, 0.25) is 0 Å². The van der Waals surface area contributed by atoms with E-state index in [1.165, 1.54) is 5.56 Å². The van der Waals surface area contributed by atoms with E-state index in [4.69, 9.17) is 0 Å². The van der Waals surface area contributed by atoms with Crippen molar-refractivity contribution >= 4 is 0 Å². The summed E-state index contributed by atoms with van der Waals surface area (Å²) in [6, 6.07) is 6.79. The Balaban J connectivity index is 2.93. The Morgan fingerprint density at radius 3 is 2.33 bits per heavy atom. The van der Waals surface area contributed by atoms with Crippen LogP contribution in [0, 0.1) is 6.92 Å². The van der Waals surface area contributed by atoms with Gasteiger partial charge in [-0.1, -0.05) is 52.8 Å². The fraction of sp³-hybridized carbons (Fsp3) is 0.625. The second kappa shape index (κ2) is 5.85. The van der Waals surface area contributed by atoms with Crippen molar-refractivity contribution < 1.29 is 5.11 Å². The third-order valence-corrected chi connectivity index (χ3v) is 3.22. The zero-order chi connectivity index (χ0) is 13.9. The average Bonchev–Trinajstić information content (AvgIpc) is 2.24. The summed E-state index contributed by atoms with van der Waals surface area (Å²) in [6.07, 6.45) is -0.435. The standard InChI is InChI=1S/C16H27NO/c1-11(2)17-10-15(18)14-9-13(16(4,5)6)8-7-12(14)3/h7-9,11,15,17-18H,10H2,1-6H3. The first-order valence-corrected chi connectivity index (χ1v) is 6.74. The molecule has 2 heteroatoms. The van der Waals surface area contributed by atoms with Crippen LogP contribution in [0.4, 0.5) is 0 Å². The van der Waals surface area contributed by atoms with Crippen molar-refractivity contribution in [3.05, 3.63) is 34.9 Å². The van der Waals surface area contributed by atoms with E-state index >= 15 is 0 Å². The number of hydrogen-bond donors (Lipinski definition) is 2. The van der Waals surface area contributed by atoms with Crippen LogP contribution in [0.1, 0.15) is 57.4 Å². The maximum absolute atomic E-state index is 10.3. The lowest BCUT2D eigenvalue weighted by Gasteiger charge is -2.23. The quantitative estimate of drug-likeness (QED) is 0.858. The largest absolute Gasteiger partial charge is 0.387 e. The highest BCUT2D eigenvalue weighted by Crippen LogP contribution is 2.27. The van der Waals surface area contributed by atoms with Gasteiger partial charge in [-0.25, -0.2) is 0 Å². The van der Waals surface area contributed by atoms with Crippen LogP contribution in [-0.2, 0) is 5.41 Å². The van der Waals surface area contributed by atoms with E-state index in [2.05, 4.69) is 65.1 Å². The maximum atomic E-state index is 10.3. The predicted molar refractivity (Wildman–Crippen MR) is 78.0 cm³/mol. The normalized spacial score (nSPS) is 14.0. The lowest BCUT2D eigenvalue weighted by Crippen LogP contribution is -2.28. The molecule has 0 aliphatic carbocycles. The van der Waals surface area contributed by atoms with E-state index in [0.29, 0.717) is 12.6 Å². The molecule has 1 aromatic carbocycles. The highest BCUT2D eigenvalue weighted by Gasteiger charge is 2.17. The molecule has 0 saturated heterocycles. The molecule has 1 rings (SSSR count). The van der Waals surface area contributed by atoms with Gasteiger partial charge >= 0.3 is 0 Å². The maximum Gasteiger partial charge on any atom is 0.0917 e. The van der Waals surface area contributed by atoms with Gasteiger partial charge in [0.05, 0.1) is 6.10 Å². The number of aliphatic hydroxyl groups excluding tert-OH is 1. The number of aryl methyl sites for hydroxylation is 1. The van der Waals surface area contributed by atoms with Crippen molar-refractivity contribution in [2.75, 3.05) is 6.54 Å². The minimum absolute atomic E-state index is 0.119. The van der Waals surface area contributed by atoms with Crippen molar-refractivity contribution in [1.29, 1.82) is 0 Å². The van der Waals surface area contributed by atoms with Gasteiger partial charge in [0.2, 0.25) is 0 Å². The summed E-state index contributed by atoms with van der Waals surface area (Å²) < 4.78 is 0. The zero-order valence-corrected chi connectivity index (χ0v) is 12.5. The fourth-order valence-corrected chi connectivity index (χ4v) is 1.92. The van der Waals surface area contributed by atoms with E-state index in [1.807, 2.05) is 0 Å². The second-order valence-electron chi connectivity index (χ2n) is 6.40. The van der Waals surface area contributed by atoms with Crippen LogP contribution in [0.15, 0.2) is 18.2 Å². The van der Waals surface area contributed by atoms with E-state index in [0.717, 1.165) is 11.1 Å². The topological polar surface area (TPSA) is 32.3 Å². The van der Waals surface area contributed by atoms with Gasteiger partial charge < -0.3 is 10.4 Å². The Labute approximate surface area is 111 Å². The van der Waals surface area contributed by atoms with Gasteiger partial charge in [0.15, 0.2) is 0 Å². The summed E-state index contributed by atoms with van der Waals surface area (Å²) in [4.78, 5) is 0. The molecule has 1 unspecified atom stereocenters. The van der Waals surface area contributed by atoms with Gasteiger partial charge in [-0.15, -0.1) is 0 Å². The first-order valence-electron chi connectivity index (χ1n) is 6.74. The molecule has 0 radical (unpaired) electrons. The van der Waals surface area contributed by atoms with E-state index in [1.54, 1.807) is 0 Å². The van der Waals surface area contributed by atoms with Crippen molar-refractivity contribution in [1.82, 2.24) is 5.32 Å². The molecule has 1 aromatic rings. The van der Waals surface area contributed by atoms with E-state index < -0.39 is 6.10 Å². The number of hydrogen-bond acceptors (Lipinski definition) is 2. The smallest absolute Gasteiger partial charge is 0.0917 e. The molecular formula is C16H27NO. The van der Waals surface area contributed by atoms with Crippen LogP contribution in [0.25, 0.3) is 0 Å². The van der Waals surface area contributed by atoms with Gasteiger partial charge in [-0.3, -0.25) is 0 Å². The van der Waals surface area contributed by atoms with Crippen molar-refractivity contribution in [2.45, 2.75) is 59.1 Å². The summed E-state index contributed by atoms with van der Waals surface area (Å²) in [7, 11) is 0. The van der Waals surface area contributed by atoms with E-state index in [-0.39, 0.29) is 5.41 Å². The molecule has 2 N–H and O–H groups in total. The summed E-state index contributed by atoms with van der Waals surface area (Å²) in [6.45, 7) is 13.4. The van der Waals surface area contributed by atoms with Gasteiger partial charge in [-0.2, -0.15) is 0 Å². The fourth-order valence-electron chi connectivity index (χ4n) is 1.92. The molecule has 0 aliphatic rings. The van der Waals surface area contributed by atoms with Gasteiger partial charge in [-0.05, 0) is 29.0 Å². The number of nitrogens with one attached hydrogen (secondary N) is 1. The molecule has 0 aromatic heterocycles. The van der Waals surface area contributed by atoms with Gasteiger partial charge in [0, 0.05) is 12.6 Å². The number of rotatable bonds is 4.